The number of benzene rings is 9. The summed E-state index contributed by atoms with van der Waals surface area (Å²) in [4.78, 5) is 2.40. The van der Waals surface area contributed by atoms with Crippen molar-refractivity contribution in [1.29, 1.82) is 0 Å². The first-order chi connectivity index (χ1) is 26.8. The van der Waals surface area contributed by atoms with Gasteiger partial charge in [0.25, 0.3) is 0 Å². The molecule has 9 aromatic carbocycles. The SMILES string of the molecule is c1ccc(-c2ccc(N(c3ccc(-c4ccc5c(c4)sc4ccccc45)cc3)c3ccccc3-c3cccc(-c4cccc5ccccc45)c3)cc2)cc1. The van der Waals surface area contributed by atoms with Gasteiger partial charge in [-0.05, 0) is 98.2 Å². The van der Waals surface area contributed by atoms with Crippen LogP contribution in [0.3, 0.4) is 0 Å². The quantitative estimate of drug-likeness (QED) is 0.160. The van der Waals surface area contributed by atoms with Crippen molar-refractivity contribution in [2.45, 2.75) is 0 Å². The Morgan fingerprint density at radius 2 is 0.815 bits per heavy atom. The Bertz CT molecular complexity index is 2920. The molecule has 0 bridgehead atoms. The fourth-order valence-corrected chi connectivity index (χ4v) is 8.96. The summed E-state index contributed by atoms with van der Waals surface area (Å²) < 4.78 is 2.65. The average Bonchev–Trinajstić information content (AvgIpc) is 3.63. The van der Waals surface area contributed by atoms with Crippen LogP contribution >= 0.6 is 11.3 Å². The highest BCUT2D eigenvalue weighted by Gasteiger charge is 2.18. The third-order valence-electron chi connectivity index (χ3n) is 10.5. The Balaban J connectivity index is 1.08. The molecule has 10 rings (SSSR count). The van der Waals surface area contributed by atoms with Gasteiger partial charge in [-0.2, -0.15) is 0 Å². The third-order valence-corrected chi connectivity index (χ3v) is 11.6. The molecule has 0 atom stereocenters. The van der Waals surface area contributed by atoms with Gasteiger partial charge < -0.3 is 4.90 Å². The van der Waals surface area contributed by atoms with Gasteiger partial charge in [-0.1, -0.05) is 164 Å². The molecule has 0 unspecified atom stereocenters. The topological polar surface area (TPSA) is 3.24 Å². The fourth-order valence-electron chi connectivity index (χ4n) is 7.81. The molecule has 0 radical (unpaired) electrons. The first kappa shape index (κ1) is 32.0. The van der Waals surface area contributed by atoms with Crippen molar-refractivity contribution in [3.05, 3.63) is 212 Å². The molecule has 0 fully saturated rings. The molecule has 0 saturated heterocycles. The predicted octanol–water partition coefficient (Wildman–Crippen LogP) is 15.3. The van der Waals surface area contributed by atoms with Crippen molar-refractivity contribution in [3.63, 3.8) is 0 Å². The molecule has 1 nitrogen and oxygen atoms in total. The Morgan fingerprint density at radius 3 is 1.61 bits per heavy atom. The number of thiophene rings is 1. The van der Waals surface area contributed by atoms with Gasteiger partial charge in [-0.25, -0.2) is 0 Å². The lowest BCUT2D eigenvalue weighted by atomic mass is 9.94. The fraction of sp³-hybridized carbons (Fsp3) is 0. The number of nitrogens with zero attached hydrogens (tertiary/aromatic N) is 1. The molecule has 0 spiro atoms. The summed E-state index contributed by atoms with van der Waals surface area (Å²) in [5.41, 5.74) is 13.0. The van der Waals surface area contributed by atoms with Crippen LogP contribution in [0.25, 0.3) is 75.5 Å². The highest BCUT2D eigenvalue weighted by molar-refractivity contribution is 7.25. The second-order valence-electron chi connectivity index (χ2n) is 13.7. The van der Waals surface area contributed by atoms with Gasteiger partial charge in [0.2, 0.25) is 0 Å². The minimum atomic E-state index is 1.10. The number of hydrogen-bond donors (Lipinski definition) is 0. The number of fused-ring (bicyclic) bond motifs is 4. The van der Waals surface area contributed by atoms with E-state index in [0.29, 0.717) is 0 Å². The van der Waals surface area contributed by atoms with E-state index in [1.807, 2.05) is 11.3 Å². The van der Waals surface area contributed by atoms with Crippen molar-refractivity contribution >= 4 is 59.3 Å². The molecule has 54 heavy (non-hydrogen) atoms. The Hall–Kier alpha value is -6.74. The maximum atomic E-state index is 2.40. The summed E-state index contributed by atoms with van der Waals surface area (Å²) in [7, 11) is 0. The molecular weight excluding hydrogens is 671 g/mol. The second-order valence-corrected chi connectivity index (χ2v) is 14.8. The largest absolute Gasteiger partial charge is 0.310 e. The van der Waals surface area contributed by atoms with Crippen LogP contribution in [-0.2, 0) is 0 Å². The Kier molecular flexibility index (Phi) is 8.09. The average molecular weight is 706 g/mol. The van der Waals surface area contributed by atoms with Crippen LogP contribution in [0.15, 0.2) is 212 Å². The van der Waals surface area contributed by atoms with Gasteiger partial charge in [0.15, 0.2) is 0 Å². The molecule has 0 N–H and O–H groups in total. The molecule has 2 heteroatoms. The molecular formula is C52H35NS. The van der Waals surface area contributed by atoms with Gasteiger partial charge >= 0.3 is 0 Å². The van der Waals surface area contributed by atoms with E-state index in [-0.39, 0.29) is 0 Å². The molecule has 0 aliphatic carbocycles. The van der Waals surface area contributed by atoms with Crippen molar-refractivity contribution in [1.82, 2.24) is 0 Å². The van der Waals surface area contributed by atoms with E-state index in [1.165, 1.54) is 75.5 Å². The summed E-state index contributed by atoms with van der Waals surface area (Å²) in [5.74, 6) is 0. The Morgan fingerprint density at radius 1 is 0.296 bits per heavy atom. The second kappa shape index (κ2) is 13.7. The molecule has 1 heterocycles. The summed E-state index contributed by atoms with van der Waals surface area (Å²) in [6.07, 6.45) is 0. The molecule has 10 aromatic rings. The van der Waals surface area contributed by atoms with Crippen LogP contribution in [0, 0.1) is 0 Å². The van der Waals surface area contributed by atoms with Gasteiger partial charge in [0.05, 0.1) is 5.69 Å². The van der Waals surface area contributed by atoms with Gasteiger partial charge in [0, 0.05) is 37.1 Å². The number of hydrogen-bond acceptors (Lipinski definition) is 2. The van der Waals surface area contributed by atoms with Crippen LogP contribution in [0.5, 0.6) is 0 Å². The molecule has 0 aliphatic heterocycles. The first-order valence-corrected chi connectivity index (χ1v) is 19.2. The molecule has 0 aliphatic rings. The van der Waals surface area contributed by atoms with E-state index in [1.54, 1.807) is 0 Å². The molecule has 0 amide bonds. The normalized spacial score (nSPS) is 11.3. The molecule has 254 valence electrons. The standard InChI is InChI=1S/C52H35NS/c1-2-12-36(13-3-1)37-24-29-43(30-25-37)53(44-31-26-38(27-32-44)40-28-33-49-48-20-7-9-23-51(48)54-52(49)35-40)50-22-8-6-19-47(50)42-17-10-16-41(34-42)46-21-11-15-39-14-4-5-18-45(39)46/h1-35H. The lowest BCUT2D eigenvalue weighted by Gasteiger charge is -2.28. The van der Waals surface area contributed by atoms with Crippen molar-refractivity contribution in [3.8, 4) is 44.5 Å². The van der Waals surface area contributed by atoms with E-state index in [9.17, 15) is 0 Å². The summed E-state index contributed by atoms with van der Waals surface area (Å²) in [5, 5.41) is 5.16. The minimum absolute atomic E-state index is 1.10. The smallest absolute Gasteiger partial charge is 0.0540 e. The first-order valence-electron chi connectivity index (χ1n) is 18.4. The van der Waals surface area contributed by atoms with Crippen molar-refractivity contribution < 1.29 is 0 Å². The maximum Gasteiger partial charge on any atom is 0.0540 e. The zero-order chi connectivity index (χ0) is 35.8. The summed E-state index contributed by atoms with van der Waals surface area (Å²) in [6.45, 7) is 0. The van der Waals surface area contributed by atoms with E-state index >= 15 is 0 Å². The zero-order valence-electron chi connectivity index (χ0n) is 29.6. The monoisotopic (exact) mass is 705 g/mol. The van der Waals surface area contributed by atoms with E-state index in [4.69, 9.17) is 0 Å². The van der Waals surface area contributed by atoms with Crippen LogP contribution in [-0.4, -0.2) is 0 Å². The highest BCUT2D eigenvalue weighted by atomic mass is 32.1. The molecule has 1 aromatic heterocycles. The summed E-state index contributed by atoms with van der Waals surface area (Å²) in [6, 6.07) is 77.1. The van der Waals surface area contributed by atoms with Crippen LogP contribution < -0.4 is 4.90 Å². The molecule has 0 saturated carbocycles. The van der Waals surface area contributed by atoms with Gasteiger partial charge in [0.1, 0.15) is 0 Å². The Labute approximate surface area is 319 Å². The predicted molar refractivity (Wildman–Crippen MR) is 233 cm³/mol. The minimum Gasteiger partial charge on any atom is -0.310 e. The maximum absolute atomic E-state index is 2.40. The summed E-state index contributed by atoms with van der Waals surface area (Å²) >= 11 is 1.86. The van der Waals surface area contributed by atoms with Crippen molar-refractivity contribution in [2.24, 2.45) is 0 Å². The van der Waals surface area contributed by atoms with Crippen LogP contribution in [0.2, 0.25) is 0 Å². The lowest BCUT2D eigenvalue weighted by molar-refractivity contribution is 1.28. The number of anilines is 3. The third kappa shape index (κ3) is 5.84. The van der Waals surface area contributed by atoms with E-state index in [2.05, 4.69) is 217 Å². The van der Waals surface area contributed by atoms with Gasteiger partial charge in [-0.15, -0.1) is 11.3 Å². The van der Waals surface area contributed by atoms with E-state index < -0.39 is 0 Å². The number of rotatable bonds is 7. The van der Waals surface area contributed by atoms with E-state index in [0.717, 1.165) is 17.1 Å². The van der Waals surface area contributed by atoms with Crippen LogP contribution in [0.1, 0.15) is 0 Å². The van der Waals surface area contributed by atoms with Crippen LogP contribution in [0.4, 0.5) is 17.1 Å². The van der Waals surface area contributed by atoms with Crippen molar-refractivity contribution in [2.75, 3.05) is 4.90 Å². The van der Waals surface area contributed by atoms with Gasteiger partial charge in [-0.3, -0.25) is 0 Å². The zero-order valence-corrected chi connectivity index (χ0v) is 30.4. The number of para-hydroxylation sites is 1. The lowest BCUT2D eigenvalue weighted by Crippen LogP contribution is -2.11. The highest BCUT2D eigenvalue weighted by Crippen LogP contribution is 2.43.